The maximum atomic E-state index is 6.35. The Morgan fingerprint density at radius 2 is 2.06 bits per heavy atom. The molecule has 0 amide bonds. The lowest BCUT2D eigenvalue weighted by Crippen LogP contribution is -1.98. The van der Waals surface area contributed by atoms with Gasteiger partial charge in [-0.25, -0.2) is 4.68 Å². The molecule has 1 aliphatic rings. The fraction of sp³-hybridized carbons (Fsp3) is 0.308. The number of rotatable bonds is 1. The van der Waals surface area contributed by atoms with Crippen LogP contribution in [0.4, 0.5) is 0 Å². The van der Waals surface area contributed by atoms with E-state index in [1.807, 2.05) is 25.1 Å². The van der Waals surface area contributed by atoms with Crippen molar-refractivity contribution in [3.8, 4) is 5.69 Å². The van der Waals surface area contributed by atoms with Crippen LogP contribution in [0.25, 0.3) is 5.69 Å². The first-order valence-electron chi connectivity index (χ1n) is 5.69. The number of hydrogen-bond donors (Lipinski definition) is 0. The Kier molecular flexibility index (Phi) is 2.64. The van der Waals surface area contributed by atoms with E-state index < -0.39 is 0 Å². The smallest absolute Gasteiger partial charge is 0.136 e. The summed E-state index contributed by atoms with van der Waals surface area (Å²) in [7, 11) is 0. The molecule has 0 atom stereocenters. The van der Waals surface area contributed by atoms with E-state index >= 15 is 0 Å². The Bertz CT molecular complexity index is 587. The predicted octanol–water partition coefficient (Wildman–Crippen LogP) is 3.98. The molecule has 1 aromatic carbocycles. The molecule has 88 valence electrons. The standard InChI is InChI=1S/C13H12Cl2N2/c1-8-5-6-9(7-11(8)14)17-13(15)10-3-2-4-12(10)16-17/h5-7H,2-4H2,1H3. The van der Waals surface area contributed by atoms with Crippen molar-refractivity contribution in [2.45, 2.75) is 26.2 Å². The van der Waals surface area contributed by atoms with Gasteiger partial charge in [-0.1, -0.05) is 29.3 Å². The maximum absolute atomic E-state index is 6.35. The number of aryl methyl sites for hydroxylation is 2. The largest absolute Gasteiger partial charge is 0.222 e. The van der Waals surface area contributed by atoms with E-state index in [1.165, 1.54) is 5.56 Å². The Hall–Kier alpha value is -0.990. The third-order valence-electron chi connectivity index (χ3n) is 3.24. The second-order valence-corrected chi connectivity index (χ2v) is 5.18. The lowest BCUT2D eigenvalue weighted by Gasteiger charge is -2.06. The average Bonchev–Trinajstić information content (AvgIpc) is 2.86. The summed E-state index contributed by atoms with van der Waals surface area (Å²) in [6, 6.07) is 5.89. The molecule has 3 rings (SSSR count). The molecule has 0 N–H and O–H groups in total. The van der Waals surface area contributed by atoms with Gasteiger partial charge in [0.2, 0.25) is 0 Å². The number of benzene rings is 1. The molecule has 1 heterocycles. The zero-order chi connectivity index (χ0) is 12.0. The van der Waals surface area contributed by atoms with Crippen molar-refractivity contribution >= 4 is 23.2 Å². The van der Waals surface area contributed by atoms with E-state index in [-0.39, 0.29) is 0 Å². The quantitative estimate of drug-likeness (QED) is 0.764. The highest BCUT2D eigenvalue weighted by molar-refractivity contribution is 6.32. The third-order valence-corrected chi connectivity index (χ3v) is 4.04. The minimum absolute atomic E-state index is 0.734. The monoisotopic (exact) mass is 266 g/mol. The van der Waals surface area contributed by atoms with E-state index in [1.54, 1.807) is 4.68 Å². The zero-order valence-electron chi connectivity index (χ0n) is 9.50. The predicted molar refractivity (Wildman–Crippen MR) is 70.3 cm³/mol. The van der Waals surface area contributed by atoms with Gasteiger partial charge in [0.25, 0.3) is 0 Å². The topological polar surface area (TPSA) is 17.8 Å². The highest BCUT2D eigenvalue weighted by atomic mass is 35.5. The molecule has 1 aromatic heterocycles. The Labute approximate surface area is 110 Å². The van der Waals surface area contributed by atoms with Gasteiger partial charge in [0.1, 0.15) is 5.15 Å². The molecule has 0 bridgehead atoms. The molecule has 0 saturated carbocycles. The summed E-state index contributed by atoms with van der Waals surface area (Å²) < 4.78 is 1.79. The molecule has 2 nitrogen and oxygen atoms in total. The molecule has 0 spiro atoms. The number of hydrogen-bond acceptors (Lipinski definition) is 1. The summed E-state index contributed by atoms with van der Waals surface area (Å²) >= 11 is 12.5. The van der Waals surface area contributed by atoms with E-state index in [0.717, 1.165) is 46.4 Å². The van der Waals surface area contributed by atoms with Gasteiger partial charge in [0, 0.05) is 10.6 Å². The second kappa shape index (κ2) is 4.04. The molecule has 0 fully saturated rings. The summed E-state index contributed by atoms with van der Waals surface area (Å²) in [5.41, 5.74) is 4.32. The van der Waals surface area contributed by atoms with E-state index in [2.05, 4.69) is 5.10 Å². The van der Waals surface area contributed by atoms with Gasteiger partial charge in [-0.3, -0.25) is 0 Å². The molecule has 0 saturated heterocycles. The fourth-order valence-corrected chi connectivity index (χ4v) is 2.75. The summed E-state index contributed by atoms with van der Waals surface area (Å²) in [4.78, 5) is 0. The number of fused-ring (bicyclic) bond motifs is 1. The molecular weight excluding hydrogens is 255 g/mol. The Balaban J connectivity index is 2.12. The highest BCUT2D eigenvalue weighted by Crippen LogP contribution is 2.31. The van der Waals surface area contributed by atoms with Gasteiger partial charge < -0.3 is 0 Å². The fourth-order valence-electron chi connectivity index (χ4n) is 2.24. The van der Waals surface area contributed by atoms with Crippen LogP contribution in [0.15, 0.2) is 18.2 Å². The van der Waals surface area contributed by atoms with E-state index in [0.29, 0.717) is 0 Å². The molecule has 4 heteroatoms. The van der Waals surface area contributed by atoms with E-state index in [9.17, 15) is 0 Å². The van der Waals surface area contributed by atoms with Crippen LogP contribution < -0.4 is 0 Å². The minimum atomic E-state index is 0.734. The molecule has 0 radical (unpaired) electrons. The van der Waals surface area contributed by atoms with Crippen LogP contribution in [0.1, 0.15) is 23.2 Å². The lowest BCUT2D eigenvalue weighted by molar-refractivity contribution is 0.801. The van der Waals surface area contributed by atoms with Crippen molar-refractivity contribution in [3.63, 3.8) is 0 Å². The minimum Gasteiger partial charge on any atom is -0.222 e. The Morgan fingerprint density at radius 1 is 1.24 bits per heavy atom. The van der Waals surface area contributed by atoms with Crippen LogP contribution in [-0.4, -0.2) is 9.78 Å². The van der Waals surface area contributed by atoms with Gasteiger partial charge in [-0.2, -0.15) is 5.10 Å². The van der Waals surface area contributed by atoms with Crippen molar-refractivity contribution in [1.82, 2.24) is 9.78 Å². The SMILES string of the molecule is Cc1ccc(-n2nc3c(c2Cl)CCC3)cc1Cl. The molecule has 2 aromatic rings. The van der Waals surface area contributed by atoms with Crippen molar-refractivity contribution in [1.29, 1.82) is 0 Å². The van der Waals surface area contributed by atoms with Crippen LogP contribution >= 0.6 is 23.2 Å². The van der Waals surface area contributed by atoms with Crippen molar-refractivity contribution < 1.29 is 0 Å². The molecule has 0 aliphatic heterocycles. The van der Waals surface area contributed by atoms with Crippen LogP contribution in [0.5, 0.6) is 0 Å². The summed E-state index contributed by atoms with van der Waals surface area (Å²) in [5.74, 6) is 0. The van der Waals surface area contributed by atoms with Crippen LogP contribution in [0, 0.1) is 6.92 Å². The first-order chi connectivity index (χ1) is 8.16. The second-order valence-electron chi connectivity index (χ2n) is 4.41. The van der Waals surface area contributed by atoms with Crippen LogP contribution in [0.2, 0.25) is 10.2 Å². The first-order valence-corrected chi connectivity index (χ1v) is 6.45. The molecule has 0 unspecified atom stereocenters. The zero-order valence-corrected chi connectivity index (χ0v) is 11.0. The van der Waals surface area contributed by atoms with Gasteiger partial charge in [0.05, 0.1) is 11.4 Å². The van der Waals surface area contributed by atoms with Gasteiger partial charge in [0.15, 0.2) is 0 Å². The Morgan fingerprint density at radius 3 is 2.76 bits per heavy atom. The average molecular weight is 267 g/mol. The third kappa shape index (κ3) is 1.76. The van der Waals surface area contributed by atoms with Crippen LogP contribution in [0.3, 0.4) is 0 Å². The molecule has 1 aliphatic carbocycles. The first kappa shape index (κ1) is 11.1. The van der Waals surface area contributed by atoms with Crippen molar-refractivity contribution in [2.75, 3.05) is 0 Å². The van der Waals surface area contributed by atoms with Gasteiger partial charge in [-0.05, 0) is 43.9 Å². The van der Waals surface area contributed by atoms with Crippen molar-refractivity contribution in [3.05, 3.63) is 45.2 Å². The summed E-state index contributed by atoms with van der Waals surface area (Å²) in [6.45, 7) is 1.98. The maximum Gasteiger partial charge on any atom is 0.136 e. The number of halogens is 2. The summed E-state index contributed by atoms with van der Waals surface area (Å²) in [5, 5.41) is 6.04. The van der Waals surface area contributed by atoms with Gasteiger partial charge >= 0.3 is 0 Å². The normalized spacial score (nSPS) is 14.1. The number of aromatic nitrogens is 2. The van der Waals surface area contributed by atoms with E-state index in [4.69, 9.17) is 23.2 Å². The highest BCUT2D eigenvalue weighted by Gasteiger charge is 2.21. The van der Waals surface area contributed by atoms with Crippen LogP contribution in [-0.2, 0) is 12.8 Å². The number of nitrogens with zero attached hydrogens (tertiary/aromatic N) is 2. The summed E-state index contributed by atoms with van der Waals surface area (Å²) in [6.07, 6.45) is 3.22. The molecule has 17 heavy (non-hydrogen) atoms. The van der Waals surface area contributed by atoms with Crippen molar-refractivity contribution in [2.24, 2.45) is 0 Å². The lowest BCUT2D eigenvalue weighted by atomic mass is 10.2. The van der Waals surface area contributed by atoms with Gasteiger partial charge in [-0.15, -0.1) is 0 Å². The molecular formula is C13H12Cl2N2.